The first-order chi connectivity index (χ1) is 15.0. The number of nitrogens with one attached hydrogen (secondary N) is 1. The number of hydrogen-bond acceptors (Lipinski definition) is 4. The maximum atomic E-state index is 12.3. The summed E-state index contributed by atoms with van der Waals surface area (Å²) in [6.45, 7) is 4.14. The Hall–Kier alpha value is -3.60. The largest absolute Gasteiger partial charge is 0.489 e. The van der Waals surface area contributed by atoms with E-state index in [9.17, 15) is 9.59 Å². The zero-order valence-electron chi connectivity index (χ0n) is 17.8. The minimum Gasteiger partial charge on any atom is -0.489 e. The quantitative estimate of drug-likeness (QED) is 0.498. The predicted octanol–water partition coefficient (Wildman–Crippen LogP) is 5.00. The summed E-state index contributed by atoms with van der Waals surface area (Å²) >= 11 is 0. The van der Waals surface area contributed by atoms with E-state index in [4.69, 9.17) is 9.47 Å². The second-order valence-corrected chi connectivity index (χ2v) is 7.31. The molecular formula is C26H27NO4. The van der Waals surface area contributed by atoms with E-state index < -0.39 is 5.97 Å². The van der Waals surface area contributed by atoms with Crippen molar-refractivity contribution in [1.82, 2.24) is 5.32 Å². The molecule has 31 heavy (non-hydrogen) atoms. The van der Waals surface area contributed by atoms with Crippen molar-refractivity contribution in [3.8, 4) is 5.75 Å². The van der Waals surface area contributed by atoms with Gasteiger partial charge in [-0.25, -0.2) is 4.79 Å². The van der Waals surface area contributed by atoms with E-state index in [1.807, 2.05) is 68.4 Å². The fourth-order valence-corrected chi connectivity index (χ4v) is 3.10. The van der Waals surface area contributed by atoms with Crippen LogP contribution in [0.15, 0.2) is 78.9 Å². The van der Waals surface area contributed by atoms with Gasteiger partial charge in [-0.05, 0) is 48.7 Å². The molecule has 3 aromatic carbocycles. The lowest BCUT2D eigenvalue weighted by atomic mass is 10.0. The minimum absolute atomic E-state index is 0.118. The van der Waals surface area contributed by atoms with E-state index in [2.05, 4.69) is 5.32 Å². The lowest BCUT2D eigenvalue weighted by Crippen LogP contribution is -2.32. The Bertz CT molecular complexity index is 982. The Morgan fingerprint density at radius 2 is 1.58 bits per heavy atom. The summed E-state index contributed by atoms with van der Waals surface area (Å²) in [5, 5.41) is 2.91. The van der Waals surface area contributed by atoms with Crippen LogP contribution in [0.25, 0.3) is 0 Å². The van der Waals surface area contributed by atoms with Crippen molar-refractivity contribution in [2.75, 3.05) is 6.61 Å². The molecule has 5 nitrogen and oxygen atoms in total. The molecule has 0 bridgehead atoms. The van der Waals surface area contributed by atoms with E-state index in [1.54, 1.807) is 24.3 Å². The number of hydrogen-bond donors (Lipinski definition) is 1. The van der Waals surface area contributed by atoms with Crippen LogP contribution in [0.2, 0.25) is 0 Å². The van der Waals surface area contributed by atoms with E-state index >= 15 is 0 Å². The summed E-state index contributed by atoms with van der Waals surface area (Å²) in [4.78, 5) is 24.5. The summed E-state index contributed by atoms with van der Waals surface area (Å²) in [5.41, 5.74) is 3.62. The molecule has 3 rings (SSSR count). The number of rotatable bonds is 9. The molecule has 160 valence electrons. The molecule has 0 heterocycles. The van der Waals surface area contributed by atoms with Gasteiger partial charge in [0.15, 0.2) is 6.61 Å². The lowest BCUT2D eigenvalue weighted by molar-refractivity contribution is -0.125. The number of benzene rings is 3. The van der Waals surface area contributed by atoms with Gasteiger partial charge in [0.2, 0.25) is 0 Å². The molecule has 1 atom stereocenters. The smallest absolute Gasteiger partial charge is 0.338 e. The number of esters is 1. The van der Waals surface area contributed by atoms with E-state index in [0.717, 1.165) is 23.1 Å². The van der Waals surface area contributed by atoms with E-state index in [-0.39, 0.29) is 18.6 Å². The Labute approximate surface area is 183 Å². The molecule has 0 saturated heterocycles. The highest BCUT2D eigenvalue weighted by Gasteiger charge is 2.15. The molecule has 0 aliphatic heterocycles. The van der Waals surface area contributed by atoms with Gasteiger partial charge in [0.25, 0.3) is 5.91 Å². The molecular weight excluding hydrogens is 390 g/mol. The third kappa shape index (κ3) is 6.71. The van der Waals surface area contributed by atoms with Crippen molar-refractivity contribution in [2.24, 2.45) is 0 Å². The van der Waals surface area contributed by atoms with Crippen LogP contribution in [0.1, 0.15) is 46.4 Å². The Morgan fingerprint density at radius 3 is 2.23 bits per heavy atom. The predicted molar refractivity (Wildman–Crippen MR) is 120 cm³/mol. The number of amides is 1. The number of carbonyl (C=O) groups excluding carboxylic acids is 2. The molecule has 3 aromatic rings. The van der Waals surface area contributed by atoms with Crippen molar-refractivity contribution in [3.63, 3.8) is 0 Å². The van der Waals surface area contributed by atoms with Gasteiger partial charge >= 0.3 is 5.97 Å². The zero-order valence-corrected chi connectivity index (χ0v) is 17.8. The average Bonchev–Trinajstić information content (AvgIpc) is 2.81. The van der Waals surface area contributed by atoms with E-state index in [1.165, 1.54) is 0 Å². The highest BCUT2D eigenvalue weighted by Crippen LogP contribution is 2.17. The first-order valence-corrected chi connectivity index (χ1v) is 10.3. The monoisotopic (exact) mass is 417 g/mol. The van der Waals surface area contributed by atoms with Crippen LogP contribution in [0.4, 0.5) is 0 Å². The van der Waals surface area contributed by atoms with Crippen molar-refractivity contribution in [2.45, 2.75) is 32.9 Å². The molecule has 0 unspecified atom stereocenters. The van der Waals surface area contributed by atoms with Crippen LogP contribution in [0.5, 0.6) is 5.75 Å². The third-order valence-electron chi connectivity index (χ3n) is 4.90. The summed E-state index contributed by atoms with van der Waals surface area (Å²) in [6.07, 6.45) is 0.743. The molecule has 0 fully saturated rings. The van der Waals surface area contributed by atoms with Crippen LogP contribution in [0, 0.1) is 6.92 Å². The number of aryl methyl sites for hydroxylation is 1. The molecule has 1 amide bonds. The summed E-state index contributed by atoms with van der Waals surface area (Å²) in [7, 11) is 0. The van der Waals surface area contributed by atoms with E-state index in [0.29, 0.717) is 17.9 Å². The second-order valence-electron chi connectivity index (χ2n) is 7.31. The molecule has 0 aliphatic carbocycles. The Balaban J connectivity index is 1.47. The van der Waals surface area contributed by atoms with Crippen molar-refractivity contribution >= 4 is 11.9 Å². The van der Waals surface area contributed by atoms with Crippen molar-refractivity contribution < 1.29 is 19.1 Å². The molecule has 0 spiro atoms. The lowest BCUT2D eigenvalue weighted by Gasteiger charge is -2.17. The van der Waals surface area contributed by atoms with Gasteiger partial charge in [-0.15, -0.1) is 0 Å². The van der Waals surface area contributed by atoms with Gasteiger partial charge < -0.3 is 14.8 Å². The first kappa shape index (κ1) is 22.1. The normalized spacial score (nSPS) is 11.4. The fourth-order valence-electron chi connectivity index (χ4n) is 3.10. The van der Waals surface area contributed by atoms with Gasteiger partial charge in [0.1, 0.15) is 12.4 Å². The second kappa shape index (κ2) is 11.0. The van der Waals surface area contributed by atoms with Gasteiger partial charge in [-0.1, -0.05) is 67.1 Å². The van der Waals surface area contributed by atoms with Gasteiger partial charge in [0, 0.05) is 0 Å². The molecule has 0 radical (unpaired) electrons. The fraction of sp³-hybridized carbons (Fsp3) is 0.231. The summed E-state index contributed by atoms with van der Waals surface area (Å²) in [5.74, 6) is -0.223. The SMILES string of the molecule is CC[C@H](NC(=O)COC(=O)c1ccc(OCc2ccccc2)cc1)c1ccc(C)cc1. The number of ether oxygens (including phenoxy) is 2. The van der Waals surface area contributed by atoms with Crippen molar-refractivity contribution in [3.05, 3.63) is 101 Å². The topological polar surface area (TPSA) is 64.6 Å². The van der Waals surface area contributed by atoms with Crippen LogP contribution in [0.3, 0.4) is 0 Å². The summed E-state index contributed by atoms with van der Waals surface area (Å²) in [6, 6.07) is 24.4. The van der Waals surface area contributed by atoms with Gasteiger partial charge in [0.05, 0.1) is 11.6 Å². The van der Waals surface area contributed by atoms with Crippen LogP contribution in [-0.4, -0.2) is 18.5 Å². The molecule has 5 heteroatoms. The van der Waals surface area contributed by atoms with Crippen molar-refractivity contribution in [1.29, 1.82) is 0 Å². The first-order valence-electron chi connectivity index (χ1n) is 10.3. The molecule has 0 saturated carbocycles. The maximum Gasteiger partial charge on any atom is 0.338 e. The van der Waals surface area contributed by atoms with Gasteiger partial charge in [-0.2, -0.15) is 0 Å². The minimum atomic E-state index is -0.548. The average molecular weight is 418 g/mol. The Morgan fingerprint density at radius 1 is 0.903 bits per heavy atom. The highest BCUT2D eigenvalue weighted by atomic mass is 16.5. The highest BCUT2D eigenvalue weighted by molar-refractivity contribution is 5.91. The van der Waals surface area contributed by atoms with Crippen LogP contribution in [-0.2, 0) is 16.1 Å². The van der Waals surface area contributed by atoms with Crippen LogP contribution < -0.4 is 10.1 Å². The molecule has 0 aliphatic rings. The van der Waals surface area contributed by atoms with Gasteiger partial charge in [-0.3, -0.25) is 4.79 Å². The molecule has 1 N–H and O–H groups in total. The molecule has 0 aromatic heterocycles. The Kier molecular flexibility index (Phi) is 7.82. The summed E-state index contributed by atoms with van der Waals surface area (Å²) < 4.78 is 10.9. The standard InChI is InChI=1S/C26H27NO4/c1-3-24(21-11-9-19(2)10-12-21)27-25(28)18-31-26(29)22-13-15-23(16-14-22)30-17-20-7-5-4-6-8-20/h4-16,24H,3,17-18H2,1-2H3,(H,27,28)/t24-/m0/s1. The maximum absolute atomic E-state index is 12.3. The zero-order chi connectivity index (χ0) is 22.1. The third-order valence-corrected chi connectivity index (χ3v) is 4.90. The number of carbonyl (C=O) groups is 2. The van der Waals surface area contributed by atoms with Crippen LogP contribution >= 0.6 is 0 Å².